The molecule has 2 amide bonds. The zero-order valence-corrected chi connectivity index (χ0v) is 16.7. The van der Waals surface area contributed by atoms with Gasteiger partial charge in [0.05, 0.1) is 19.0 Å². The Kier molecular flexibility index (Phi) is 5.78. The van der Waals surface area contributed by atoms with Crippen LogP contribution in [-0.2, 0) is 6.54 Å². The largest absolute Gasteiger partial charge is 0.481 e. The van der Waals surface area contributed by atoms with E-state index in [1.165, 1.54) is 12.8 Å². The molecule has 0 radical (unpaired) electrons. The van der Waals surface area contributed by atoms with Crippen molar-refractivity contribution in [2.45, 2.75) is 38.3 Å². The molecule has 0 unspecified atom stereocenters. The number of hydrogen-bond acceptors (Lipinski definition) is 6. The Hall–Kier alpha value is -3.62. The average Bonchev–Trinajstić information content (AvgIpc) is 3.43. The van der Waals surface area contributed by atoms with E-state index in [1.807, 2.05) is 30.3 Å². The Morgan fingerprint density at radius 2 is 1.97 bits per heavy atom. The zero-order valence-electron chi connectivity index (χ0n) is 16.7. The van der Waals surface area contributed by atoms with Gasteiger partial charge in [-0.05, 0) is 37.3 Å². The highest BCUT2D eigenvalue weighted by Crippen LogP contribution is 2.27. The number of rotatable bonds is 7. The second-order valence-electron chi connectivity index (χ2n) is 7.13. The van der Waals surface area contributed by atoms with E-state index < -0.39 is 6.03 Å². The Labute approximate surface area is 174 Å². The van der Waals surface area contributed by atoms with E-state index in [2.05, 4.69) is 20.4 Å². The molecule has 1 saturated carbocycles. The summed E-state index contributed by atoms with van der Waals surface area (Å²) in [4.78, 5) is 19.8. The Morgan fingerprint density at radius 1 is 1.20 bits per heavy atom. The summed E-state index contributed by atoms with van der Waals surface area (Å²) in [5, 5.41) is 7.17. The molecule has 0 saturated heterocycles. The number of hydrogen-bond donors (Lipinski definition) is 2. The van der Waals surface area contributed by atoms with Crippen LogP contribution in [-0.4, -0.2) is 39.0 Å². The van der Waals surface area contributed by atoms with E-state index in [0.29, 0.717) is 24.3 Å². The van der Waals surface area contributed by atoms with Crippen LogP contribution in [0.2, 0.25) is 0 Å². The molecule has 9 nitrogen and oxygen atoms in total. The summed E-state index contributed by atoms with van der Waals surface area (Å²) in [7, 11) is 1.57. The van der Waals surface area contributed by atoms with Crippen molar-refractivity contribution in [2.24, 2.45) is 5.73 Å². The van der Waals surface area contributed by atoms with E-state index in [1.54, 1.807) is 24.1 Å². The molecule has 0 bridgehead atoms. The van der Waals surface area contributed by atoms with Gasteiger partial charge < -0.3 is 20.5 Å². The first-order valence-corrected chi connectivity index (χ1v) is 9.89. The van der Waals surface area contributed by atoms with Crippen molar-refractivity contribution in [2.75, 3.05) is 7.11 Å². The first-order valence-electron chi connectivity index (χ1n) is 9.89. The van der Waals surface area contributed by atoms with Crippen molar-refractivity contribution in [3.05, 3.63) is 48.2 Å². The lowest BCUT2D eigenvalue weighted by atomic mass is 10.1. The number of pyridine rings is 1. The topological polar surface area (TPSA) is 117 Å². The molecule has 0 atom stereocenters. The van der Waals surface area contributed by atoms with Gasteiger partial charge in [0.2, 0.25) is 5.88 Å². The summed E-state index contributed by atoms with van der Waals surface area (Å²) >= 11 is 0. The normalized spacial score (nSPS) is 13.9. The molecular weight excluding hydrogens is 384 g/mol. The molecule has 2 heterocycles. The van der Waals surface area contributed by atoms with Crippen molar-refractivity contribution >= 4 is 6.03 Å². The number of nitrogens with two attached hydrogens (primary N) is 1. The van der Waals surface area contributed by atoms with Gasteiger partial charge in [0, 0.05) is 18.2 Å². The van der Waals surface area contributed by atoms with Crippen molar-refractivity contribution in [3.63, 3.8) is 0 Å². The number of ether oxygens (including phenoxy) is 2. The number of amides is 2. The number of urea groups is 1. The molecule has 1 fully saturated rings. The maximum Gasteiger partial charge on any atom is 0.336 e. The highest BCUT2D eigenvalue weighted by Gasteiger charge is 2.21. The summed E-state index contributed by atoms with van der Waals surface area (Å²) in [5.74, 6) is 1.17. The monoisotopic (exact) mass is 408 g/mol. The third-order valence-corrected chi connectivity index (χ3v) is 5.02. The van der Waals surface area contributed by atoms with Crippen molar-refractivity contribution in [1.82, 2.24) is 25.1 Å². The minimum absolute atomic E-state index is 0.157. The maximum absolute atomic E-state index is 10.9. The van der Waals surface area contributed by atoms with Gasteiger partial charge in [-0.3, -0.25) is 0 Å². The molecule has 4 rings (SSSR count). The first kappa shape index (κ1) is 19.7. The lowest BCUT2D eigenvalue weighted by molar-refractivity contribution is 0.192. The number of benzene rings is 1. The van der Waals surface area contributed by atoms with Crippen LogP contribution in [0.4, 0.5) is 4.79 Å². The van der Waals surface area contributed by atoms with Crippen LogP contribution in [0.25, 0.3) is 17.1 Å². The van der Waals surface area contributed by atoms with E-state index in [4.69, 9.17) is 15.2 Å². The average molecular weight is 408 g/mol. The van der Waals surface area contributed by atoms with E-state index in [-0.39, 0.29) is 6.10 Å². The minimum atomic E-state index is -0.556. The number of aromatic nitrogens is 4. The number of primary amides is 1. The molecular formula is C21H24N6O3. The second kappa shape index (κ2) is 8.81. The molecule has 30 heavy (non-hydrogen) atoms. The number of nitrogens with zero attached hydrogens (tertiary/aromatic N) is 4. The van der Waals surface area contributed by atoms with Crippen molar-refractivity contribution in [1.29, 1.82) is 0 Å². The van der Waals surface area contributed by atoms with Crippen LogP contribution in [0.5, 0.6) is 11.9 Å². The van der Waals surface area contributed by atoms with Crippen LogP contribution in [0.3, 0.4) is 0 Å². The van der Waals surface area contributed by atoms with Gasteiger partial charge in [-0.15, -0.1) is 5.10 Å². The summed E-state index contributed by atoms with van der Waals surface area (Å²) in [6.07, 6.45) is 6.22. The van der Waals surface area contributed by atoms with Gasteiger partial charge in [0.15, 0.2) is 5.82 Å². The lowest BCUT2D eigenvalue weighted by Crippen LogP contribution is -2.28. The number of methoxy groups -OCH3 is 1. The van der Waals surface area contributed by atoms with Crippen molar-refractivity contribution in [3.8, 4) is 29.0 Å². The molecule has 3 N–H and O–H groups in total. The summed E-state index contributed by atoms with van der Waals surface area (Å²) in [6.45, 7) is 0.362. The quantitative estimate of drug-likeness (QED) is 0.621. The number of carbonyl (C=O) groups excluding carboxylic acids is 1. The van der Waals surface area contributed by atoms with Crippen LogP contribution in [0, 0.1) is 0 Å². The summed E-state index contributed by atoms with van der Waals surface area (Å²) < 4.78 is 12.9. The molecule has 0 aliphatic heterocycles. The fourth-order valence-corrected chi connectivity index (χ4v) is 3.44. The third-order valence-electron chi connectivity index (χ3n) is 5.02. The molecule has 1 aromatic carbocycles. The summed E-state index contributed by atoms with van der Waals surface area (Å²) in [6, 6.07) is 11.1. The van der Waals surface area contributed by atoms with E-state index >= 15 is 0 Å². The van der Waals surface area contributed by atoms with Crippen molar-refractivity contribution < 1.29 is 14.3 Å². The molecule has 156 valence electrons. The fraction of sp³-hybridized carbons (Fsp3) is 0.333. The van der Waals surface area contributed by atoms with Gasteiger partial charge in [0.1, 0.15) is 6.10 Å². The van der Waals surface area contributed by atoms with Crippen LogP contribution in [0.15, 0.2) is 42.6 Å². The zero-order chi connectivity index (χ0) is 20.9. The molecule has 0 spiro atoms. The van der Waals surface area contributed by atoms with Crippen LogP contribution in [0.1, 0.15) is 31.2 Å². The maximum atomic E-state index is 10.9. The van der Waals surface area contributed by atoms with Gasteiger partial charge >= 0.3 is 12.0 Å². The van der Waals surface area contributed by atoms with Gasteiger partial charge in [-0.25, -0.2) is 14.5 Å². The minimum Gasteiger partial charge on any atom is -0.481 e. The first-order chi connectivity index (χ1) is 14.6. The highest BCUT2D eigenvalue weighted by atomic mass is 16.5. The second-order valence-corrected chi connectivity index (χ2v) is 7.13. The number of carbonyl (C=O) groups is 1. The molecule has 2 aromatic heterocycles. The Morgan fingerprint density at radius 3 is 2.60 bits per heavy atom. The Bertz CT molecular complexity index is 995. The van der Waals surface area contributed by atoms with E-state index in [0.717, 1.165) is 29.7 Å². The predicted molar refractivity (Wildman–Crippen MR) is 110 cm³/mol. The van der Waals surface area contributed by atoms with Gasteiger partial charge in [-0.1, -0.05) is 24.3 Å². The molecule has 9 heteroatoms. The SMILES string of the molecule is COc1ccc(-n2nc(OC3CCCC3)nc2-c2ccc(CNC(N)=O)cc2)cn1. The molecule has 1 aliphatic rings. The highest BCUT2D eigenvalue weighted by molar-refractivity contribution is 5.71. The summed E-state index contributed by atoms with van der Waals surface area (Å²) in [5.41, 5.74) is 7.68. The Balaban J connectivity index is 1.65. The molecule has 1 aliphatic carbocycles. The van der Waals surface area contributed by atoms with E-state index in [9.17, 15) is 4.79 Å². The van der Waals surface area contributed by atoms with Crippen LogP contribution < -0.4 is 20.5 Å². The third kappa shape index (κ3) is 4.51. The van der Waals surface area contributed by atoms with Gasteiger partial charge in [0.25, 0.3) is 0 Å². The predicted octanol–water partition coefficient (Wildman–Crippen LogP) is 2.83. The van der Waals surface area contributed by atoms with Crippen LogP contribution >= 0.6 is 0 Å². The number of nitrogens with one attached hydrogen (secondary N) is 1. The standard InChI is InChI=1S/C21H24N6O3/c1-29-18-11-10-16(13-23-18)27-19(25-21(26-27)30-17-4-2-3-5-17)15-8-6-14(7-9-15)12-24-20(22)28/h6-11,13,17H,2-5,12H2,1H3,(H3,22,24,28). The molecule has 3 aromatic rings. The lowest BCUT2D eigenvalue weighted by Gasteiger charge is -2.08. The smallest absolute Gasteiger partial charge is 0.336 e. The van der Waals surface area contributed by atoms with Gasteiger partial charge in [-0.2, -0.15) is 4.98 Å². The fourth-order valence-electron chi connectivity index (χ4n) is 3.44.